The maximum Gasteiger partial charge on any atom is 0.187 e. The van der Waals surface area contributed by atoms with Crippen LogP contribution in [0.15, 0.2) is 42.5 Å². The fraction of sp³-hybridized carbons (Fsp3) is 0.467. The van der Waals surface area contributed by atoms with E-state index in [1.54, 1.807) is 0 Å². The van der Waals surface area contributed by atoms with Crippen molar-refractivity contribution in [1.29, 1.82) is 0 Å². The van der Waals surface area contributed by atoms with Gasteiger partial charge in [0.05, 0.1) is 6.61 Å². The summed E-state index contributed by atoms with van der Waals surface area (Å²) in [5.41, 5.74) is 1.50. The quantitative estimate of drug-likeness (QED) is 0.828. The molecule has 2 heterocycles. The Balaban J connectivity index is 1.76. The first-order chi connectivity index (χ1) is 9.70. The Bertz CT molecular complexity index is 474. The summed E-state index contributed by atoms with van der Waals surface area (Å²) in [6.45, 7) is 4.29. The largest absolute Gasteiger partial charge is 0.383 e. The van der Waals surface area contributed by atoms with Crippen molar-refractivity contribution >= 4 is 0 Å². The second-order valence-electron chi connectivity index (χ2n) is 4.93. The van der Waals surface area contributed by atoms with Gasteiger partial charge in [0.25, 0.3) is 0 Å². The van der Waals surface area contributed by atoms with E-state index in [0.29, 0.717) is 12.2 Å². The summed E-state index contributed by atoms with van der Waals surface area (Å²) in [4.78, 5) is 0. The Morgan fingerprint density at radius 2 is 2.00 bits per heavy atom. The summed E-state index contributed by atoms with van der Waals surface area (Å²) in [5.74, 6) is 0. The first-order valence-electron chi connectivity index (χ1n) is 6.57. The van der Waals surface area contributed by atoms with Gasteiger partial charge in [-0.05, 0) is 5.57 Å². The summed E-state index contributed by atoms with van der Waals surface area (Å²) in [6, 6.07) is 9.66. The molecule has 0 aromatic heterocycles. The van der Waals surface area contributed by atoms with Crippen molar-refractivity contribution in [3.05, 3.63) is 48.0 Å². The molecule has 0 aliphatic carbocycles. The van der Waals surface area contributed by atoms with Crippen molar-refractivity contribution in [2.45, 2.75) is 30.9 Å². The predicted molar refractivity (Wildman–Crippen MR) is 70.8 cm³/mol. The lowest BCUT2D eigenvalue weighted by Gasteiger charge is -2.44. The molecular weight excluding hydrogens is 260 g/mol. The first-order valence-corrected chi connectivity index (χ1v) is 6.57. The van der Waals surface area contributed by atoms with Crippen LogP contribution in [-0.4, -0.2) is 43.4 Å². The van der Waals surface area contributed by atoms with Crippen LogP contribution in [0.3, 0.4) is 0 Å². The smallest absolute Gasteiger partial charge is 0.187 e. The molecular formula is C15H18O5. The molecule has 3 rings (SSSR count). The van der Waals surface area contributed by atoms with E-state index in [1.165, 1.54) is 7.11 Å². The lowest BCUT2D eigenvalue weighted by Crippen LogP contribution is -2.54. The van der Waals surface area contributed by atoms with Crippen LogP contribution in [0.25, 0.3) is 0 Å². The maximum absolute atomic E-state index is 10.1. The topological polar surface area (TPSA) is 57.2 Å². The van der Waals surface area contributed by atoms with Crippen LogP contribution < -0.4 is 0 Å². The molecule has 2 fully saturated rings. The lowest BCUT2D eigenvalue weighted by atomic mass is 9.96. The van der Waals surface area contributed by atoms with E-state index >= 15 is 0 Å². The fourth-order valence-electron chi connectivity index (χ4n) is 2.53. The molecule has 1 N–H and O–H groups in total. The number of aliphatic hydroxyl groups is 1. The molecule has 1 unspecified atom stereocenters. The number of ether oxygens (including phenoxy) is 4. The summed E-state index contributed by atoms with van der Waals surface area (Å²) >= 11 is 0. The third kappa shape index (κ3) is 2.39. The number of aliphatic hydroxyl groups excluding tert-OH is 1. The SMILES string of the molecule is C=C1[C@@H](O)[C@@H](OC)O[C@@H]2COC(c3ccccc3)O[C@@H]12. The van der Waals surface area contributed by atoms with Crippen molar-refractivity contribution in [3.63, 3.8) is 0 Å². The van der Waals surface area contributed by atoms with Crippen LogP contribution in [0.1, 0.15) is 11.9 Å². The van der Waals surface area contributed by atoms with Gasteiger partial charge in [0.2, 0.25) is 0 Å². The number of methoxy groups -OCH3 is 1. The molecule has 5 nitrogen and oxygen atoms in total. The van der Waals surface area contributed by atoms with Crippen molar-refractivity contribution < 1.29 is 24.1 Å². The Labute approximate surface area is 117 Å². The monoisotopic (exact) mass is 278 g/mol. The third-order valence-electron chi connectivity index (χ3n) is 3.64. The first kappa shape index (κ1) is 13.7. The van der Waals surface area contributed by atoms with Gasteiger partial charge in [-0.15, -0.1) is 0 Å². The summed E-state index contributed by atoms with van der Waals surface area (Å²) in [7, 11) is 1.48. The molecule has 108 valence electrons. The molecule has 1 aromatic rings. The van der Waals surface area contributed by atoms with Gasteiger partial charge in [0.1, 0.15) is 18.3 Å². The molecule has 2 saturated heterocycles. The van der Waals surface area contributed by atoms with E-state index in [1.807, 2.05) is 30.3 Å². The molecule has 0 saturated carbocycles. The van der Waals surface area contributed by atoms with Crippen LogP contribution in [0, 0.1) is 0 Å². The molecule has 5 heteroatoms. The van der Waals surface area contributed by atoms with E-state index in [0.717, 1.165) is 5.56 Å². The normalized spacial score (nSPS) is 37.5. The zero-order chi connectivity index (χ0) is 14.1. The number of benzene rings is 1. The summed E-state index contributed by atoms with van der Waals surface area (Å²) in [6.07, 6.45) is -2.78. The van der Waals surface area contributed by atoms with Crippen LogP contribution in [0.2, 0.25) is 0 Å². The lowest BCUT2D eigenvalue weighted by molar-refractivity contribution is -0.314. The van der Waals surface area contributed by atoms with E-state index < -0.39 is 24.8 Å². The molecule has 0 amide bonds. The van der Waals surface area contributed by atoms with Crippen molar-refractivity contribution in [3.8, 4) is 0 Å². The van der Waals surface area contributed by atoms with E-state index in [4.69, 9.17) is 18.9 Å². The van der Waals surface area contributed by atoms with Gasteiger partial charge >= 0.3 is 0 Å². The number of rotatable bonds is 2. The van der Waals surface area contributed by atoms with Gasteiger partial charge < -0.3 is 24.1 Å². The fourth-order valence-corrected chi connectivity index (χ4v) is 2.53. The second-order valence-corrected chi connectivity index (χ2v) is 4.93. The van der Waals surface area contributed by atoms with Crippen LogP contribution in [-0.2, 0) is 18.9 Å². The number of fused-ring (bicyclic) bond motifs is 1. The highest BCUT2D eigenvalue weighted by atomic mass is 16.7. The molecule has 2 aliphatic heterocycles. The third-order valence-corrected chi connectivity index (χ3v) is 3.64. The van der Waals surface area contributed by atoms with Gasteiger partial charge in [0.15, 0.2) is 12.6 Å². The Hall–Kier alpha value is -1.24. The minimum atomic E-state index is -0.893. The zero-order valence-corrected chi connectivity index (χ0v) is 11.3. The highest BCUT2D eigenvalue weighted by molar-refractivity contribution is 5.20. The molecule has 20 heavy (non-hydrogen) atoms. The minimum Gasteiger partial charge on any atom is -0.383 e. The molecule has 0 bridgehead atoms. The molecule has 1 aromatic carbocycles. The van der Waals surface area contributed by atoms with Crippen molar-refractivity contribution in [1.82, 2.24) is 0 Å². The Morgan fingerprint density at radius 1 is 1.25 bits per heavy atom. The van der Waals surface area contributed by atoms with Crippen LogP contribution in [0.4, 0.5) is 0 Å². The highest BCUT2D eigenvalue weighted by Gasteiger charge is 2.45. The van der Waals surface area contributed by atoms with Gasteiger partial charge in [-0.25, -0.2) is 0 Å². The summed E-state index contributed by atoms with van der Waals surface area (Å²) < 4.78 is 22.3. The average molecular weight is 278 g/mol. The number of hydrogen-bond acceptors (Lipinski definition) is 5. The van der Waals surface area contributed by atoms with E-state index in [9.17, 15) is 5.11 Å². The predicted octanol–water partition coefficient (Wildman–Crippen LogP) is 1.39. The zero-order valence-electron chi connectivity index (χ0n) is 11.3. The van der Waals surface area contributed by atoms with Gasteiger partial charge in [-0.1, -0.05) is 36.9 Å². The standard InChI is InChI=1S/C15H18O5/c1-9-12(16)15(17-2)19-11-8-18-14(20-13(9)11)10-6-4-3-5-7-10/h3-7,11-16H,1,8H2,2H3/t11-,12-,13+,14?,15+/m1/s1. The Kier molecular flexibility index (Phi) is 3.87. The van der Waals surface area contributed by atoms with Crippen molar-refractivity contribution in [2.75, 3.05) is 13.7 Å². The molecule has 2 aliphatic rings. The minimum absolute atomic E-state index is 0.309. The Morgan fingerprint density at radius 3 is 2.70 bits per heavy atom. The highest BCUT2D eigenvalue weighted by Crippen LogP contribution is 2.35. The van der Waals surface area contributed by atoms with Gasteiger partial charge in [-0.3, -0.25) is 0 Å². The van der Waals surface area contributed by atoms with Gasteiger partial charge in [-0.2, -0.15) is 0 Å². The van der Waals surface area contributed by atoms with E-state index in [-0.39, 0.29) is 6.10 Å². The van der Waals surface area contributed by atoms with Crippen LogP contribution >= 0.6 is 0 Å². The van der Waals surface area contributed by atoms with E-state index in [2.05, 4.69) is 6.58 Å². The average Bonchev–Trinajstić information content (AvgIpc) is 2.51. The summed E-state index contributed by atoms with van der Waals surface area (Å²) in [5, 5.41) is 10.1. The molecule has 0 spiro atoms. The maximum atomic E-state index is 10.1. The van der Waals surface area contributed by atoms with Crippen LogP contribution in [0.5, 0.6) is 0 Å². The second kappa shape index (κ2) is 5.63. The molecule has 0 radical (unpaired) electrons. The van der Waals surface area contributed by atoms with Crippen molar-refractivity contribution in [2.24, 2.45) is 0 Å². The molecule has 5 atom stereocenters. The number of hydrogen-bond donors (Lipinski definition) is 1. The van der Waals surface area contributed by atoms with Gasteiger partial charge in [0, 0.05) is 12.7 Å².